The predicted molar refractivity (Wildman–Crippen MR) is 95.6 cm³/mol. The quantitative estimate of drug-likeness (QED) is 0.858. The Morgan fingerprint density at radius 1 is 1.20 bits per heavy atom. The topological polar surface area (TPSA) is 49.4 Å². The Morgan fingerprint density at radius 2 is 1.92 bits per heavy atom. The summed E-state index contributed by atoms with van der Waals surface area (Å²) in [5, 5.41) is 3.09. The molecule has 1 N–H and O–H groups in total. The van der Waals surface area contributed by atoms with Crippen LogP contribution in [0, 0.1) is 5.82 Å². The molecule has 0 radical (unpaired) electrons. The standard InChI is InChI=1S/C19H20ClFN2O2/c1-13(19(25)22-2)23(12-14-6-5-8-16(20)10-14)18(24)11-15-7-3-4-9-17(15)21/h3-10,13H,11-12H2,1-2H3,(H,22,25)/t13-/m1/s1. The Bertz CT molecular complexity index is 767. The minimum absolute atomic E-state index is 0.116. The van der Waals surface area contributed by atoms with Gasteiger partial charge in [-0.05, 0) is 36.2 Å². The van der Waals surface area contributed by atoms with Crippen LogP contribution < -0.4 is 5.32 Å². The van der Waals surface area contributed by atoms with Crippen molar-refractivity contribution < 1.29 is 14.0 Å². The van der Waals surface area contributed by atoms with Crippen molar-refractivity contribution in [3.63, 3.8) is 0 Å². The molecule has 0 aliphatic heterocycles. The van der Waals surface area contributed by atoms with Gasteiger partial charge in [-0.2, -0.15) is 0 Å². The van der Waals surface area contributed by atoms with Crippen molar-refractivity contribution in [2.75, 3.05) is 7.05 Å². The number of hydrogen-bond acceptors (Lipinski definition) is 2. The zero-order valence-electron chi connectivity index (χ0n) is 14.1. The van der Waals surface area contributed by atoms with E-state index in [1.807, 2.05) is 6.07 Å². The van der Waals surface area contributed by atoms with E-state index in [0.717, 1.165) is 5.56 Å². The molecular weight excluding hydrogens is 343 g/mol. The molecule has 0 aromatic heterocycles. The lowest BCUT2D eigenvalue weighted by molar-refractivity contribution is -0.139. The first-order chi connectivity index (χ1) is 11.9. The molecule has 2 aromatic rings. The Balaban J connectivity index is 2.25. The van der Waals surface area contributed by atoms with E-state index in [2.05, 4.69) is 5.32 Å². The maximum atomic E-state index is 13.9. The molecule has 0 spiro atoms. The Morgan fingerprint density at radius 3 is 2.56 bits per heavy atom. The number of benzene rings is 2. The number of amides is 2. The SMILES string of the molecule is CNC(=O)[C@@H](C)N(Cc1cccc(Cl)c1)C(=O)Cc1ccccc1F. The van der Waals surface area contributed by atoms with Crippen molar-refractivity contribution in [2.24, 2.45) is 0 Å². The van der Waals surface area contributed by atoms with Crippen molar-refractivity contribution in [3.8, 4) is 0 Å². The van der Waals surface area contributed by atoms with Gasteiger partial charge in [-0.25, -0.2) is 4.39 Å². The zero-order chi connectivity index (χ0) is 18.4. The summed E-state index contributed by atoms with van der Waals surface area (Å²) in [5.74, 6) is -1.06. The fourth-order valence-corrected chi connectivity index (χ4v) is 2.74. The molecule has 132 valence electrons. The molecule has 0 fully saturated rings. The average molecular weight is 363 g/mol. The molecule has 1 atom stereocenters. The van der Waals surface area contributed by atoms with Crippen LogP contribution in [0.25, 0.3) is 0 Å². The predicted octanol–water partition coefficient (Wildman–Crippen LogP) is 3.18. The highest BCUT2D eigenvalue weighted by molar-refractivity contribution is 6.30. The van der Waals surface area contributed by atoms with E-state index in [9.17, 15) is 14.0 Å². The zero-order valence-corrected chi connectivity index (χ0v) is 14.9. The second-order valence-electron chi connectivity index (χ2n) is 5.71. The largest absolute Gasteiger partial charge is 0.357 e. The van der Waals surface area contributed by atoms with Gasteiger partial charge in [0.25, 0.3) is 0 Å². The first-order valence-corrected chi connectivity index (χ1v) is 8.29. The number of nitrogens with zero attached hydrogens (tertiary/aromatic N) is 1. The molecule has 0 aliphatic carbocycles. The molecule has 2 amide bonds. The first kappa shape index (κ1) is 18.9. The average Bonchev–Trinajstić information content (AvgIpc) is 2.60. The van der Waals surface area contributed by atoms with E-state index in [1.54, 1.807) is 43.3 Å². The van der Waals surface area contributed by atoms with Gasteiger partial charge < -0.3 is 10.2 Å². The molecule has 0 saturated carbocycles. The minimum Gasteiger partial charge on any atom is -0.357 e. The van der Waals surface area contributed by atoms with Crippen molar-refractivity contribution in [2.45, 2.75) is 25.9 Å². The number of nitrogens with one attached hydrogen (secondary N) is 1. The maximum absolute atomic E-state index is 13.9. The van der Waals surface area contributed by atoms with Gasteiger partial charge in [-0.3, -0.25) is 9.59 Å². The van der Waals surface area contributed by atoms with Crippen molar-refractivity contribution in [1.29, 1.82) is 0 Å². The number of likely N-dealkylation sites (N-methyl/N-ethyl adjacent to an activating group) is 1. The molecule has 0 aliphatic rings. The van der Waals surface area contributed by atoms with Gasteiger partial charge in [-0.1, -0.05) is 41.9 Å². The summed E-state index contributed by atoms with van der Waals surface area (Å²) >= 11 is 6.00. The van der Waals surface area contributed by atoms with Crippen LogP contribution in [-0.2, 0) is 22.6 Å². The summed E-state index contributed by atoms with van der Waals surface area (Å²) in [5.41, 5.74) is 1.10. The van der Waals surface area contributed by atoms with Crippen LogP contribution in [0.3, 0.4) is 0 Å². The summed E-state index contributed by atoms with van der Waals surface area (Å²) in [4.78, 5) is 26.2. The second-order valence-corrected chi connectivity index (χ2v) is 6.15. The summed E-state index contributed by atoms with van der Waals surface area (Å²) in [7, 11) is 1.51. The number of hydrogen-bond donors (Lipinski definition) is 1. The van der Waals surface area contributed by atoms with E-state index in [4.69, 9.17) is 11.6 Å². The summed E-state index contributed by atoms with van der Waals surface area (Å²) in [6, 6.07) is 12.5. The minimum atomic E-state index is -0.691. The molecule has 2 rings (SSSR count). The number of halogens is 2. The Kier molecular flexibility index (Phi) is 6.53. The Labute approximate surface area is 151 Å². The van der Waals surface area contributed by atoms with Crippen molar-refractivity contribution in [3.05, 3.63) is 70.5 Å². The molecule has 4 nitrogen and oxygen atoms in total. The van der Waals surface area contributed by atoms with Crippen LogP contribution >= 0.6 is 11.6 Å². The van der Waals surface area contributed by atoms with Gasteiger partial charge in [0.1, 0.15) is 11.9 Å². The monoisotopic (exact) mass is 362 g/mol. The van der Waals surface area contributed by atoms with Crippen LogP contribution in [0.1, 0.15) is 18.1 Å². The van der Waals surface area contributed by atoms with Crippen LogP contribution in [0.15, 0.2) is 48.5 Å². The summed E-state index contributed by atoms with van der Waals surface area (Å²) < 4.78 is 13.9. The lowest BCUT2D eigenvalue weighted by Crippen LogP contribution is -2.47. The first-order valence-electron chi connectivity index (χ1n) is 7.91. The number of carbonyl (C=O) groups is 2. The third kappa shape index (κ3) is 5.03. The lowest BCUT2D eigenvalue weighted by Gasteiger charge is -2.28. The fourth-order valence-electron chi connectivity index (χ4n) is 2.53. The molecule has 0 bridgehead atoms. The lowest BCUT2D eigenvalue weighted by atomic mass is 10.1. The summed E-state index contributed by atoms with van der Waals surface area (Å²) in [6.45, 7) is 1.85. The van der Waals surface area contributed by atoms with Gasteiger partial charge in [-0.15, -0.1) is 0 Å². The molecule has 0 heterocycles. The third-order valence-electron chi connectivity index (χ3n) is 3.96. The van der Waals surface area contributed by atoms with Gasteiger partial charge in [0.2, 0.25) is 11.8 Å². The molecule has 6 heteroatoms. The second kappa shape index (κ2) is 8.62. The highest BCUT2D eigenvalue weighted by Gasteiger charge is 2.26. The van der Waals surface area contributed by atoms with E-state index >= 15 is 0 Å². The van der Waals surface area contributed by atoms with Gasteiger partial charge in [0.15, 0.2) is 0 Å². The van der Waals surface area contributed by atoms with E-state index in [1.165, 1.54) is 18.0 Å². The molecular formula is C19H20ClFN2O2. The fraction of sp³-hybridized carbons (Fsp3) is 0.263. The van der Waals surface area contributed by atoms with Crippen LogP contribution in [0.5, 0.6) is 0 Å². The van der Waals surface area contributed by atoms with E-state index < -0.39 is 11.9 Å². The molecule has 0 saturated heterocycles. The molecule has 25 heavy (non-hydrogen) atoms. The highest BCUT2D eigenvalue weighted by Crippen LogP contribution is 2.16. The van der Waals surface area contributed by atoms with Crippen LogP contribution in [0.4, 0.5) is 4.39 Å². The normalized spacial score (nSPS) is 11.7. The molecule has 0 unspecified atom stereocenters. The number of carbonyl (C=O) groups excluding carboxylic acids is 2. The molecule has 2 aromatic carbocycles. The third-order valence-corrected chi connectivity index (χ3v) is 4.19. The van der Waals surface area contributed by atoms with Crippen LogP contribution in [0.2, 0.25) is 5.02 Å². The van der Waals surface area contributed by atoms with Crippen molar-refractivity contribution >= 4 is 23.4 Å². The van der Waals surface area contributed by atoms with Crippen LogP contribution in [-0.4, -0.2) is 29.8 Å². The van der Waals surface area contributed by atoms with Crippen molar-refractivity contribution in [1.82, 2.24) is 10.2 Å². The van der Waals surface area contributed by atoms with Gasteiger partial charge in [0, 0.05) is 18.6 Å². The van der Waals surface area contributed by atoms with Gasteiger partial charge >= 0.3 is 0 Å². The van der Waals surface area contributed by atoms with Gasteiger partial charge in [0.05, 0.1) is 6.42 Å². The smallest absolute Gasteiger partial charge is 0.242 e. The van der Waals surface area contributed by atoms with E-state index in [-0.39, 0.29) is 24.8 Å². The Hall–Kier alpha value is -2.40. The maximum Gasteiger partial charge on any atom is 0.242 e. The van der Waals surface area contributed by atoms with E-state index in [0.29, 0.717) is 10.6 Å². The highest BCUT2D eigenvalue weighted by atomic mass is 35.5. The summed E-state index contributed by atoms with van der Waals surface area (Å²) in [6.07, 6.45) is -0.116. The number of rotatable bonds is 6.